The van der Waals surface area contributed by atoms with Gasteiger partial charge in [-0.15, -0.1) is 0 Å². The number of carbonyl (C=O) groups is 2. The zero-order valence-electron chi connectivity index (χ0n) is 21.7. The Labute approximate surface area is 231 Å². The number of aliphatic hydroxyl groups is 1. The van der Waals surface area contributed by atoms with Crippen LogP contribution < -0.4 is 9.64 Å². The number of esters is 1. The van der Waals surface area contributed by atoms with Crippen LogP contribution in [-0.2, 0) is 4.79 Å². The minimum absolute atomic E-state index is 0.142. The number of halogens is 2. The number of hydrogen-bond acceptors (Lipinski definition) is 4. The van der Waals surface area contributed by atoms with Crippen LogP contribution in [0.25, 0.3) is 5.57 Å². The normalized spacial score (nSPS) is 17.8. The van der Waals surface area contributed by atoms with Crippen LogP contribution in [0.4, 0.5) is 14.5 Å². The molecular formula is C33H27F2NO4. The second kappa shape index (κ2) is 11.6. The molecule has 0 saturated carbocycles. The van der Waals surface area contributed by atoms with Gasteiger partial charge in [0.1, 0.15) is 17.4 Å². The third-order valence-electron chi connectivity index (χ3n) is 6.98. The van der Waals surface area contributed by atoms with Crippen molar-refractivity contribution < 1.29 is 28.2 Å². The Bertz CT molecular complexity index is 1520. The molecular weight excluding hydrogens is 512 g/mol. The van der Waals surface area contributed by atoms with E-state index >= 15 is 0 Å². The highest BCUT2D eigenvalue weighted by atomic mass is 19.1. The summed E-state index contributed by atoms with van der Waals surface area (Å²) in [7, 11) is 0. The van der Waals surface area contributed by atoms with Gasteiger partial charge in [0.05, 0.1) is 23.6 Å². The predicted octanol–water partition coefficient (Wildman–Crippen LogP) is 6.74. The number of ether oxygens (including phenoxy) is 1. The molecule has 1 heterocycles. The number of β-lactam (4-membered cyclic amide) rings is 1. The maximum absolute atomic E-state index is 13.6. The second-order valence-electron chi connectivity index (χ2n) is 9.64. The summed E-state index contributed by atoms with van der Waals surface area (Å²) >= 11 is 0. The fourth-order valence-corrected chi connectivity index (χ4v) is 4.95. The molecule has 2 unspecified atom stereocenters. The van der Waals surface area contributed by atoms with Crippen LogP contribution in [0.5, 0.6) is 5.75 Å². The third-order valence-corrected chi connectivity index (χ3v) is 6.98. The van der Waals surface area contributed by atoms with Gasteiger partial charge in [0, 0.05) is 5.69 Å². The molecule has 5 nitrogen and oxygen atoms in total. The molecule has 202 valence electrons. The van der Waals surface area contributed by atoms with Gasteiger partial charge in [0.25, 0.3) is 0 Å². The quantitative estimate of drug-likeness (QED) is 0.153. The van der Waals surface area contributed by atoms with Gasteiger partial charge in [0.2, 0.25) is 5.91 Å². The second-order valence-corrected chi connectivity index (χ2v) is 9.64. The average Bonchev–Trinajstić information content (AvgIpc) is 2.96. The maximum atomic E-state index is 13.6. The lowest BCUT2D eigenvalue weighted by molar-refractivity contribution is -0.130. The summed E-state index contributed by atoms with van der Waals surface area (Å²) in [4.78, 5) is 27.4. The van der Waals surface area contributed by atoms with Crippen molar-refractivity contribution >= 4 is 23.1 Å². The Balaban J connectivity index is 1.42. The maximum Gasteiger partial charge on any atom is 0.343 e. The van der Waals surface area contributed by atoms with Gasteiger partial charge >= 0.3 is 5.97 Å². The Morgan fingerprint density at radius 1 is 0.875 bits per heavy atom. The molecule has 3 atom stereocenters. The van der Waals surface area contributed by atoms with Crippen LogP contribution in [0.3, 0.4) is 0 Å². The molecule has 1 fully saturated rings. The Hall–Kier alpha value is -4.62. The SMILES string of the molecule is CC(O)/C(=C\C[C@H]1C(=O)N(c2ccc(F)cc2)C1c1ccc(OC(=O)c2ccccc2)cc1)c1ccc(F)cc1. The van der Waals surface area contributed by atoms with Gasteiger partial charge in [-0.2, -0.15) is 0 Å². The molecule has 1 N–H and O–H groups in total. The summed E-state index contributed by atoms with van der Waals surface area (Å²) in [6.07, 6.45) is 1.31. The van der Waals surface area contributed by atoms with Crippen molar-refractivity contribution in [2.45, 2.75) is 25.5 Å². The number of carbonyl (C=O) groups excluding carboxylic acids is 2. The summed E-state index contributed by atoms with van der Waals surface area (Å²) in [5.41, 5.74) is 3.06. The average molecular weight is 540 g/mol. The van der Waals surface area contributed by atoms with Crippen LogP contribution in [-0.4, -0.2) is 23.1 Å². The van der Waals surface area contributed by atoms with Crippen molar-refractivity contribution in [3.05, 3.63) is 138 Å². The number of aliphatic hydroxyl groups excluding tert-OH is 1. The summed E-state index contributed by atoms with van der Waals surface area (Å²) in [5, 5.41) is 10.4. The van der Waals surface area contributed by atoms with E-state index in [1.807, 2.05) is 12.1 Å². The van der Waals surface area contributed by atoms with E-state index in [-0.39, 0.29) is 17.8 Å². The molecule has 4 aromatic rings. The standard InChI is InChI=1S/C33H27F2NO4/c1-21(37)29(22-7-11-25(34)12-8-22)19-20-30-31(36(32(30)38)27-15-13-26(35)14-16-27)23-9-17-28(18-10-23)40-33(39)24-5-3-2-4-6-24/h2-19,21,30-31,37H,20H2,1H3/b29-19+/t21?,30-,31?/m1/s1. The zero-order valence-corrected chi connectivity index (χ0v) is 21.7. The largest absolute Gasteiger partial charge is 0.423 e. The van der Waals surface area contributed by atoms with Crippen molar-refractivity contribution in [3.63, 3.8) is 0 Å². The number of hydrogen-bond donors (Lipinski definition) is 1. The Morgan fingerprint density at radius 2 is 1.48 bits per heavy atom. The van der Waals surface area contributed by atoms with Crippen LogP contribution in [0, 0.1) is 17.6 Å². The summed E-state index contributed by atoms with van der Waals surface area (Å²) in [6, 6.07) is 26.8. The number of allylic oxidation sites excluding steroid dienone is 1. The van der Waals surface area contributed by atoms with Crippen molar-refractivity contribution in [1.29, 1.82) is 0 Å². The Kier molecular flexibility index (Phi) is 7.84. The van der Waals surface area contributed by atoms with E-state index < -0.39 is 23.8 Å². The fraction of sp³-hybridized carbons (Fsp3) is 0.152. The van der Waals surface area contributed by atoms with E-state index in [2.05, 4.69) is 0 Å². The summed E-state index contributed by atoms with van der Waals surface area (Å²) in [5.74, 6) is -1.50. The lowest BCUT2D eigenvalue weighted by Gasteiger charge is -2.47. The van der Waals surface area contributed by atoms with E-state index in [4.69, 9.17) is 4.74 Å². The first-order valence-electron chi connectivity index (χ1n) is 12.9. The molecule has 1 saturated heterocycles. The lowest BCUT2D eigenvalue weighted by atomic mass is 9.79. The van der Waals surface area contributed by atoms with E-state index in [1.54, 1.807) is 84.6 Å². The summed E-state index contributed by atoms with van der Waals surface area (Å²) < 4.78 is 32.6. The van der Waals surface area contributed by atoms with Gasteiger partial charge in [-0.1, -0.05) is 48.5 Å². The van der Waals surface area contributed by atoms with Crippen molar-refractivity contribution in [3.8, 4) is 5.75 Å². The molecule has 4 aromatic carbocycles. The van der Waals surface area contributed by atoms with Gasteiger partial charge in [0.15, 0.2) is 0 Å². The van der Waals surface area contributed by atoms with Crippen LogP contribution >= 0.6 is 0 Å². The first-order chi connectivity index (χ1) is 19.3. The molecule has 0 aliphatic carbocycles. The van der Waals surface area contributed by atoms with E-state index in [0.29, 0.717) is 34.6 Å². The van der Waals surface area contributed by atoms with Crippen LogP contribution in [0.15, 0.2) is 109 Å². The van der Waals surface area contributed by atoms with E-state index in [0.717, 1.165) is 5.56 Å². The van der Waals surface area contributed by atoms with Gasteiger partial charge < -0.3 is 14.7 Å². The monoisotopic (exact) mass is 539 g/mol. The van der Waals surface area contributed by atoms with Gasteiger partial charge in [-0.3, -0.25) is 4.79 Å². The number of rotatable bonds is 8. The molecule has 0 radical (unpaired) electrons. The Morgan fingerprint density at radius 3 is 2.08 bits per heavy atom. The van der Waals surface area contributed by atoms with Gasteiger partial charge in [-0.25, -0.2) is 13.6 Å². The van der Waals surface area contributed by atoms with Crippen molar-refractivity contribution in [2.24, 2.45) is 5.92 Å². The number of benzene rings is 4. The molecule has 0 aromatic heterocycles. The molecule has 1 amide bonds. The van der Waals surface area contributed by atoms with Crippen LogP contribution in [0.2, 0.25) is 0 Å². The summed E-state index contributed by atoms with van der Waals surface area (Å²) in [6.45, 7) is 1.62. The molecule has 7 heteroatoms. The first-order valence-corrected chi connectivity index (χ1v) is 12.9. The molecule has 40 heavy (non-hydrogen) atoms. The highest BCUT2D eigenvalue weighted by molar-refractivity contribution is 6.03. The minimum Gasteiger partial charge on any atom is -0.423 e. The number of anilines is 1. The smallest absolute Gasteiger partial charge is 0.343 e. The highest BCUT2D eigenvalue weighted by Gasteiger charge is 2.48. The van der Waals surface area contributed by atoms with E-state index in [9.17, 15) is 23.5 Å². The minimum atomic E-state index is -0.828. The molecule has 1 aliphatic rings. The van der Waals surface area contributed by atoms with Gasteiger partial charge in [-0.05, 0) is 90.7 Å². The third kappa shape index (κ3) is 5.70. The number of nitrogens with zero attached hydrogens (tertiary/aromatic N) is 1. The molecule has 5 rings (SSSR count). The predicted molar refractivity (Wildman–Crippen MR) is 149 cm³/mol. The van der Waals surface area contributed by atoms with Crippen molar-refractivity contribution in [2.75, 3.05) is 4.90 Å². The fourth-order valence-electron chi connectivity index (χ4n) is 4.95. The molecule has 0 spiro atoms. The van der Waals surface area contributed by atoms with Crippen molar-refractivity contribution in [1.82, 2.24) is 0 Å². The zero-order chi connectivity index (χ0) is 28.2. The molecule has 1 aliphatic heterocycles. The topological polar surface area (TPSA) is 66.8 Å². The highest BCUT2D eigenvalue weighted by Crippen LogP contribution is 2.46. The van der Waals surface area contributed by atoms with Crippen LogP contribution in [0.1, 0.15) is 40.9 Å². The van der Waals surface area contributed by atoms with E-state index in [1.165, 1.54) is 24.3 Å². The first kappa shape index (κ1) is 27.0. The lowest BCUT2D eigenvalue weighted by Crippen LogP contribution is -2.55. The molecule has 0 bridgehead atoms. The number of amides is 1.